The molecule has 0 atom stereocenters. The highest BCUT2D eigenvalue weighted by Crippen LogP contribution is 2.25. The van der Waals surface area contributed by atoms with Gasteiger partial charge < -0.3 is 4.74 Å². The van der Waals surface area contributed by atoms with E-state index < -0.39 is 5.97 Å². The Hall–Kier alpha value is -3.06. The van der Waals surface area contributed by atoms with Crippen molar-refractivity contribution in [1.82, 2.24) is 0 Å². The quantitative estimate of drug-likeness (QED) is 0.169. The fraction of sp³-hybridized carbons (Fsp3) is 0.0800. The van der Waals surface area contributed by atoms with E-state index in [0.717, 1.165) is 9.14 Å². The Bertz CT molecular complexity index is 1090. The van der Waals surface area contributed by atoms with Gasteiger partial charge in [0.1, 0.15) is 5.71 Å². The van der Waals surface area contributed by atoms with Crippen LogP contribution in [0.3, 0.4) is 0 Å². The van der Waals surface area contributed by atoms with E-state index in [0.29, 0.717) is 16.8 Å². The molecule has 0 saturated heterocycles. The number of ether oxygens (including phenoxy) is 1. The van der Waals surface area contributed by atoms with Crippen molar-refractivity contribution in [2.24, 2.45) is 4.99 Å². The SMILES string of the molecule is COC(=O)C(C/C=C(\I)c1ccccc1)=Nc1ccccc1C(=O)c1ccccc1. The van der Waals surface area contributed by atoms with Crippen molar-refractivity contribution in [3.8, 4) is 0 Å². The van der Waals surface area contributed by atoms with Crippen molar-refractivity contribution in [1.29, 1.82) is 0 Å². The summed E-state index contributed by atoms with van der Waals surface area (Å²) in [6.45, 7) is 0. The molecule has 3 aromatic rings. The Morgan fingerprint density at radius 2 is 1.43 bits per heavy atom. The van der Waals surface area contributed by atoms with Gasteiger partial charge in [0.05, 0.1) is 12.8 Å². The lowest BCUT2D eigenvalue weighted by Gasteiger charge is -2.08. The number of ketones is 1. The smallest absolute Gasteiger partial charge is 0.352 e. The summed E-state index contributed by atoms with van der Waals surface area (Å²) in [6, 6.07) is 25.9. The molecule has 3 aromatic carbocycles. The number of allylic oxidation sites excluding steroid dienone is 1. The van der Waals surface area contributed by atoms with Crippen LogP contribution in [0.15, 0.2) is 96.0 Å². The Morgan fingerprint density at radius 3 is 2.07 bits per heavy atom. The standard InChI is InChI=1S/C25H20INO3/c1-30-25(29)23(17-16-21(26)18-10-4-2-5-11-18)27-22-15-9-8-14-20(22)24(28)19-12-6-3-7-13-19/h2-16H,17H2,1H3/b21-16-,27-23?. The lowest BCUT2D eigenvalue weighted by Crippen LogP contribution is -2.15. The van der Waals surface area contributed by atoms with Gasteiger partial charge in [0, 0.05) is 21.1 Å². The number of hydrogen-bond donors (Lipinski definition) is 0. The van der Waals surface area contributed by atoms with Gasteiger partial charge in [0.2, 0.25) is 0 Å². The Kier molecular flexibility index (Phi) is 7.68. The van der Waals surface area contributed by atoms with Crippen LogP contribution in [-0.2, 0) is 9.53 Å². The molecule has 0 aliphatic rings. The zero-order chi connectivity index (χ0) is 21.3. The van der Waals surface area contributed by atoms with Crippen LogP contribution in [0.4, 0.5) is 5.69 Å². The maximum atomic E-state index is 12.9. The molecule has 30 heavy (non-hydrogen) atoms. The summed E-state index contributed by atoms with van der Waals surface area (Å²) in [5.74, 6) is -0.668. The average molecular weight is 509 g/mol. The highest BCUT2D eigenvalue weighted by Gasteiger charge is 2.16. The molecule has 150 valence electrons. The second-order valence-corrected chi connectivity index (χ2v) is 7.55. The number of nitrogens with zero attached hydrogens (tertiary/aromatic N) is 1. The predicted molar refractivity (Wildman–Crippen MR) is 128 cm³/mol. The van der Waals surface area contributed by atoms with Crippen LogP contribution in [0.2, 0.25) is 0 Å². The van der Waals surface area contributed by atoms with Crippen LogP contribution in [0.25, 0.3) is 3.58 Å². The topological polar surface area (TPSA) is 55.7 Å². The lowest BCUT2D eigenvalue weighted by molar-refractivity contribution is -0.132. The van der Waals surface area contributed by atoms with E-state index in [1.165, 1.54) is 7.11 Å². The maximum absolute atomic E-state index is 12.9. The zero-order valence-electron chi connectivity index (χ0n) is 16.4. The van der Waals surface area contributed by atoms with Gasteiger partial charge in [-0.1, -0.05) is 78.9 Å². The molecule has 0 unspecified atom stereocenters. The minimum atomic E-state index is -0.523. The first-order valence-corrected chi connectivity index (χ1v) is 10.4. The number of carbonyl (C=O) groups excluding carboxylic acids is 2. The molecule has 0 spiro atoms. The third-order valence-electron chi connectivity index (χ3n) is 4.39. The van der Waals surface area contributed by atoms with Crippen LogP contribution in [0.1, 0.15) is 27.9 Å². The molecule has 0 heterocycles. The van der Waals surface area contributed by atoms with Gasteiger partial charge in [-0.25, -0.2) is 9.79 Å². The summed E-state index contributed by atoms with van der Waals surface area (Å²) in [5, 5.41) is 0. The normalized spacial score (nSPS) is 11.8. The van der Waals surface area contributed by atoms with E-state index in [9.17, 15) is 9.59 Å². The van der Waals surface area contributed by atoms with Gasteiger partial charge in [0.25, 0.3) is 0 Å². The highest BCUT2D eigenvalue weighted by atomic mass is 127. The summed E-state index contributed by atoms with van der Waals surface area (Å²) >= 11 is 2.23. The van der Waals surface area contributed by atoms with Crippen LogP contribution >= 0.6 is 22.6 Å². The number of esters is 1. The number of rotatable bonds is 7. The van der Waals surface area contributed by atoms with E-state index in [-0.39, 0.29) is 17.9 Å². The van der Waals surface area contributed by atoms with Gasteiger partial charge in [-0.3, -0.25) is 4.79 Å². The largest absolute Gasteiger partial charge is 0.465 e. The molecule has 0 radical (unpaired) electrons. The van der Waals surface area contributed by atoms with Gasteiger partial charge in [-0.05, 0) is 40.3 Å². The third-order valence-corrected chi connectivity index (χ3v) is 5.45. The van der Waals surface area contributed by atoms with Gasteiger partial charge in [-0.15, -0.1) is 0 Å². The molecule has 0 aliphatic carbocycles. The molecule has 0 aromatic heterocycles. The Morgan fingerprint density at radius 1 is 0.867 bits per heavy atom. The number of carbonyl (C=O) groups is 2. The fourth-order valence-corrected chi connectivity index (χ4v) is 3.43. The summed E-state index contributed by atoms with van der Waals surface area (Å²) in [6.07, 6.45) is 2.21. The Labute approximate surface area is 189 Å². The maximum Gasteiger partial charge on any atom is 0.352 e. The van der Waals surface area contributed by atoms with Crippen molar-refractivity contribution >= 4 is 49.3 Å². The number of aliphatic imine (C=N–C) groups is 1. The fourth-order valence-electron chi connectivity index (χ4n) is 2.85. The van der Waals surface area contributed by atoms with E-state index in [4.69, 9.17) is 4.74 Å². The predicted octanol–water partition coefficient (Wildman–Crippen LogP) is 6.03. The van der Waals surface area contributed by atoms with Gasteiger partial charge in [-0.2, -0.15) is 0 Å². The van der Waals surface area contributed by atoms with E-state index in [2.05, 4.69) is 27.6 Å². The average Bonchev–Trinajstić information content (AvgIpc) is 2.82. The van der Waals surface area contributed by atoms with Crippen molar-refractivity contribution in [2.75, 3.05) is 7.11 Å². The summed E-state index contributed by atoms with van der Waals surface area (Å²) in [5.41, 5.74) is 2.73. The molecule has 0 bridgehead atoms. The van der Waals surface area contributed by atoms with Gasteiger partial charge >= 0.3 is 5.97 Å². The van der Waals surface area contributed by atoms with E-state index in [1.807, 2.05) is 54.6 Å². The summed E-state index contributed by atoms with van der Waals surface area (Å²) in [7, 11) is 1.32. The van der Waals surface area contributed by atoms with E-state index in [1.54, 1.807) is 36.4 Å². The number of hydrogen-bond acceptors (Lipinski definition) is 4. The second kappa shape index (κ2) is 10.6. The van der Waals surface area contributed by atoms with Crippen LogP contribution < -0.4 is 0 Å². The minimum absolute atomic E-state index is 0.145. The third kappa shape index (κ3) is 5.51. The molecule has 0 saturated carbocycles. The summed E-state index contributed by atoms with van der Waals surface area (Å²) in [4.78, 5) is 29.8. The number of halogens is 1. The van der Waals surface area contributed by atoms with Crippen LogP contribution in [0, 0.1) is 0 Å². The molecule has 5 heteroatoms. The first-order valence-electron chi connectivity index (χ1n) is 9.36. The summed E-state index contributed by atoms with van der Waals surface area (Å²) < 4.78 is 5.92. The lowest BCUT2D eigenvalue weighted by atomic mass is 10.0. The zero-order valence-corrected chi connectivity index (χ0v) is 18.6. The minimum Gasteiger partial charge on any atom is -0.465 e. The van der Waals surface area contributed by atoms with Crippen molar-refractivity contribution in [3.63, 3.8) is 0 Å². The first kappa shape index (κ1) is 21.6. The monoisotopic (exact) mass is 509 g/mol. The number of para-hydroxylation sites is 1. The van der Waals surface area contributed by atoms with Crippen LogP contribution in [-0.4, -0.2) is 24.6 Å². The number of methoxy groups -OCH3 is 1. The van der Waals surface area contributed by atoms with Crippen LogP contribution in [0.5, 0.6) is 0 Å². The highest BCUT2D eigenvalue weighted by molar-refractivity contribution is 14.1. The van der Waals surface area contributed by atoms with Gasteiger partial charge in [0.15, 0.2) is 5.78 Å². The Balaban J connectivity index is 1.95. The second-order valence-electron chi connectivity index (χ2n) is 6.38. The molecule has 0 N–H and O–H groups in total. The molecule has 4 nitrogen and oxygen atoms in total. The van der Waals surface area contributed by atoms with Crippen molar-refractivity contribution < 1.29 is 14.3 Å². The first-order chi connectivity index (χ1) is 14.6. The molecule has 3 rings (SSSR count). The molecule has 0 amide bonds. The molecular weight excluding hydrogens is 489 g/mol. The molecule has 0 aliphatic heterocycles. The number of benzene rings is 3. The van der Waals surface area contributed by atoms with E-state index >= 15 is 0 Å². The molecular formula is C25H20INO3. The van der Waals surface area contributed by atoms with Crippen molar-refractivity contribution in [3.05, 3.63) is 108 Å². The van der Waals surface area contributed by atoms with Crippen molar-refractivity contribution in [2.45, 2.75) is 6.42 Å². The molecule has 0 fully saturated rings.